The number of benzene rings is 1. The molecule has 22 heavy (non-hydrogen) atoms. The number of oxazole rings is 1. The number of hydrogen-bond donors (Lipinski definition) is 2. The van der Waals surface area contributed by atoms with Crippen LogP contribution in [0.5, 0.6) is 0 Å². The molecule has 1 amide bonds. The van der Waals surface area contributed by atoms with Gasteiger partial charge in [-0.25, -0.2) is 4.98 Å². The van der Waals surface area contributed by atoms with Gasteiger partial charge in [0.1, 0.15) is 6.26 Å². The summed E-state index contributed by atoms with van der Waals surface area (Å²) >= 11 is 5.84. The van der Waals surface area contributed by atoms with Gasteiger partial charge in [0, 0.05) is 23.7 Å². The monoisotopic (exact) mass is 322 g/mol. The molecule has 0 saturated carbocycles. The Morgan fingerprint density at radius 1 is 1.41 bits per heavy atom. The molecule has 2 N–H and O–H groups in total. The zero-order valence-corrected chi connectivity index (χ0v) is 13.1. The van der Waals surface area contributed by atoms with Gasteiger partial charge in [0.25, 0.3) is 0 Å². The first-order valence-corrected chi connectivity index (χ1v) is 7.54. The number of carbonyl (C=O) groups is 1. The van der Waals surface area contributed by atoms with Crippen LogP contribution in [0.1, 0.15) is 19.0 Å². The summed E-state index contributed by atoms with van der Waals surface area (Å²) in [4.78, 5) is 16.1. The highest BCUT2D eigenvalue weighted by Crippen LogP contribution is 2.20. The normalized spacial score (nSPS) is 12.1. The first kappa shape index (κ1) is 16.5. The molecule has 1 atom stereocenters. The van der Waals surface area contributed by atoms with Gasteiger partial charge in [-0.2, -0.15) is 0 Å². The van der Waals surface area contributed by atoms with Crippen LogP contribution in [0.3, 0.4) is 0 Å². The van der Waals surface area contributed by atoms with E-state index in [1.165, 1.54) is 6.26 Å². The number of hydrogen-bond acceptors (Lipinski definition) is 4. The zero-order valence-electron chi connectivity index (χ0n) is 12.4. The first-order chi connectivity index (χ1) is 10.6. The fourth-order valence-corrected chi connectivity index (χ4v) is 2.08. The van der Waals surface area contributed by atoms with Crippen LogP contribution >= 0.6 is 11.6 Å². The average Bonchev–Trinajstić information content (AvgIpc) is 2.95. The highest BCUT2D eigenvalue weighted by molar-refractivity contribution is 6.30. The van der Waals surface area contributed by atoms with Crippen molar-refractivity contribution in [2.24, 2.45) is 5.92 Å². The molecule has 2 rings (SSSR count). The van der Waals surface area contributed by atoms with Gasteiger partial charge in [-0.3, -0.25) is 4.79 Å². The van der Waals surface area contributed by atoms with Crippen LogP contribution in [0.2, 0.25) is 5.02 Å². The number of carbonyl (C=O) groups excluding carboxylic acids is 1. The van der Waals surface area contributed by atoms with Crippen molar-refractivity contribution in [3.63, 3.8) is 0 Å². The molecule has 0 saturated heterocycles. The van der Waals surface area contributed by atoms with Crippen molar-refractivity contribution in [1.29, 1.82) is 0 Å². The second-order valence-electron chi connectivity index (χ2n) is 5.25. The number of nitrogens with one attached hydrogen (secondary N) is 1. The maximum Gasteiger partial charge on any atom is 0.226 e. The molecule has 6 heteroatoms. The molecule has 0 spiro atoms. The molecule has 0 aliphatic carbocycles. The molecule has 0 radical (unpaired) electrons. The number of nitrogens with zero attached hydrogens (tertiary/aromatic N) is 1. The average molecular weight is 323 g/mol. The SMILES string of the molecule is CC(CCO)CNC(=O)Cc1coc(-c2ccc(Cl)cc2)n1. The number of aliphatic hydroxyl groups excluding tert-OH is 1. The highest BCUT2D eigenvalue weighted by atomic mass is 35.5. The number of amides is 1. The zero-order chi connectivity index (χ0) is 15.9. The summed E-state index contributed by atoms with van der Waals surface area (Å²) in [5.41, 5.74) is 1.39. The van der Waals surface area contributed by atoms with Crippen LogP contribution in [0, 0.1) is 5.92 Å². The number of aromatic nitrogens is 1. The summed E-state index contributed by atoms with van der Waals surface area (Å²) in [5.74, 6) is 0.602. The van der Waals surface area contributed by atoms with Crippen LogP contribution in [-0.2, 0) is 11.2 Å². The van der Waals surface area contributed by atoms with E-state index in [0.717, 1.165) is 5.56 Å². The van der Waals surface area contributed by atoms with Crippen molar-refractivity contribution in [2.45, 2.75) is 19.8 Å². The van der Waals surface area contributed by atoms with Crippen LogP contribution in [0.15, 0.2) is 34.9 Å². The molecule has 1 aromatic heterocycles. The Kier molecular flexibility index (Phi) is 5.98. The molecular weight excluding hydrogens is 304 g/mol. The Morgan fingerprint density at radius 2 is 2.14 bits per heavy atom. The third-order valence-corrected chi connectivity index (χ3v) is 3.51. The molecule has 2 aromatic rings. The van der Waals surface area contributed by atoms with Gasteiger partial charge in [-0.05, 0) is 36.6 Å². The molecule has 0 aliphatic rings. The van der Waals surface area contributed by atoms with Gasteiger partial charge in [0.15, 0.2) is 0 Å². The van der Waals surface area contributed by atoms with Crippen molar-refractivity contribution in [3.8, 4) is 11.5 Å². The van der Waals surface area contributed by atoms with Gasteiger partial charge in [-0.15, -0.1) is 0 Å². The molecule has 0 fully saturated rings. The summed E-state index contributed by atoms with van der Waals surface area (Å²) in [5, 5.41) is 12.3. The van der Waals surface area contributed by atoms with Gasteiger partial charge in [0.05, 0.1) is 12.1 Å². The van der Waals surface area contributed by atoms with E-state index in [1.807, 2.05) is 19.1 Å². The van der Waals surface area contributed by atoms with Gasteiger partial charge in [0.2, 0.25) is 11.8 Å². The van der Waals surface area contributed by atoms with Gasteiger partial charge >= 0.3 is 0 Å². The summed E-state index contributed by atoms with van der Waals surface area (Å²) in [6, 6.07) is 7.15. The molecular formula is C16H19ClN2O3. The third kappa shape index (κ3) is 4.86. The molecule has 0 aliphatic heterocycles. The summed E-state index contributed by atoms with van der Waals surface area (Å²) in [6.07, 6.45) is 2.33. The van der Waals surface area contributed by atoms with Crippen molar-refractivity contribution in [2.75, 3.05) is 13.2 Å². The lowest BCUT2D eigenvalue weighted by molar-refractivity contribution is -0.120. The van der Waals surface area contributed by atoms with Crippen LogP contribution in [0.25, 0.3) is 11.5 Å². The Hall–Kier alpha value is -1.85. The third-order valence-electron chi connectivity index (χ3n) is 3.25. The lowest BCUT2D eigenvalue weighted by atomic mass is 10.1. The number of rotatable bonds is 7. The van der Waals surface area contributed by atoms with E-state index in [1.54, 1.807) is 12.1 Å². The minimum Gasteiger partial charge on any atom is -0.444 e. The van der Waals surface area contributed by atoms with E-state index in [2.05, 4.69) is 10.3 Å². The fourth-order valence-electron chi connectivity index (χ4n) is 1.95. The van der Waals surface area contributed by atoms with Crippen molar-refractivity contribution >= 4 is 17.5 Å². The minimum atomic E-state index is -0.110. The van der Waals surface area contributed by atoms with E-state index in [-0.39, 0.29) is 24.9 Å². The number of halogens is 1. The standard InChI is InChI=1S/C16H19ClN2O3/c1-11(6-7-20)9-18-15(21)8-14-10-22-16(19-14)12-2-4-13(17)5-3-12/h2-5,10-11,20H,6-9H2,1H3,(H,18,21). The predicted molar refractivity (Wildman–Crippen MR) is 84.5 cm³/mol. The second-order valence-corrected chi connectivity index (χ2v) is 5.69. The largest absolute Gasteiger partial charge is 0.444 e. The summed E-state index contributed by atoms with van der Waals surface area (Å²) < 4.78 is 5.39. The van der Waals surface area contributed by atoms with Crippen molar-refractivity contribution in [1.82, 2.24) is 10.3 Å². The second kappa shape index (κ2) is 7.96. The van der Waals surface area contributed by atoms with E-state index in [9.17, 15) is 4.79 Å². The van der Waals surface area contributed by atoms with Crippen LogP contribution < -0.4 is 5.32 Å². The first-order valence-electron chi connectivity index (χ1n) is 7.16. The molecule has 1 heterocycles. The Bertz CT molecular complexity index is 610. The molecule has 1 aromatic carbocycles. The lowest BCUT2D eigenvalue weighted by Crippen LogP contribution is -2.30. The molecule has 0 bridgehead atoms. The van der Waals surface area contributed by atoms with E-state index in [0.29, 0.717) is 29.6 Å². The predicted octanol–water partition coefficient (Wildman–Crippen LogP) is 2.67. The Labute approximate surface area is 134 Å². The maximum atomic E-state index is 11.8. The Morgan fingerprint density at radius 3 is 2.82 bits per heavy atom. The Balaban J connectivity index is 1.89. The van der Waals surface area contributed by atoms with Gasteiger partial charge in [-0.1, -0.05) is 18.5 Å². The van der Waals surface area contributed by atoms with Crippen LogP contribution in [-0.4, -0.2) is 29.1 Å². The quantitative estimate of drug-likeness (QED) is 0.821. The summed E-state index contributed by atoms with van der Waals surface area (Å²) in [7, 11) is 0. The van der Waals surface area contributed by atoms with Crippen molar-refractivity contribution in [3.05, 3.63) is 41.2 Å². The van der Waals surface area contributed by atoms with E-state index >= 15 is 0 Å². The molecule has 5 nitrogen and oxygen atoms in total. The molecule has 1 unspecified atom stereocenters. The van der Waals surface area contributed by atoms with Crippen molar-refractivity contribution < 1.29 is 14.3 Å². The minimum absolute atomic E-state index is 0.110. The topological polar surface area (TPSA) is 75.4 Å². The lowest BCUT2D eigenvalue weighted by Gasteiger charge is -2.10. The summed E-state index contributed by atoms with van der Waals surface area (Å²) in [6.45, 7) is 2.65. The van der Waals surface area contributed by atoms with Crippen LogP contribution in [0.4, 0.5) is 0 Å². The molecule has 118 valence electrons. The van der Waals surface area contributed by atoms with E-state index in [4.69, 9.17) is 21.1 Å². The smallest absolute Gasteiger partial charge is 0.226 e. The maximum absolute atomic E-state index is 11.8. The van der Waals surface area contributed by atoms with Gasteiger partial charge < -0.3 is 14.8 Å². The highest BCUT2D eigenvalue weighted by Gasteiger charge is 2.11. The fraction of sp³-hybridized carbons (Fsp3) is 0.375. The van der Waals surface area contributed by atoms with E-state index < -0.39 is 0 Å². The number of aliphatic hydroxyl groups is 1.